The molecule has 0 unspecified atom stereocenters. The standard InChI is InChI=1S/C22H26N4O3S/c1-3-12-25-30(27,28)15-17-8-7-9-18(13-17)26-22-14-20(23-16-24-22)19-10-5-6-11-21(19)29-4-2/h5-11,13-14,16,25H,3-4,12,15H2,1-2H3,(H,23,24,26). The fourth-order valence-electron chi connectivity index (χ4n) is 2.95. The lowest BCUT2D eigenvalue weighted by molar-refractivity contribution is 0.341. The van der Waals surface area contributed by atoms with Crippen molar-refractivity contribution in [2.45, 2.75) is 26.0 Å². The van der Waals surface area contributed by atoms with E-state index in [-0.39, 0.29) is 5.75 Å². The van der Waals surface area contributed by atoms with E-state index in [1.54, 1.807) is 12.1 Å². The maximum atomic E-state index is 12.2. The lowest BCUT2D eigenvalue weighted by atomic mass is 10.1. The fourth-order valence-corrected chi connectivity index (χ4v) is 4.18. The number of nitrogens with zero attached hydrogens (tertiary/aromatic N) is 2. The number of rotatable bonds is 10. The van der Waals surface area contributed by atoms with Crippen molar-refractivity contribution in [1.82, 2.24) is 14.7 Å². The lowest BCUT2D eigenvalue weighted by Crippen LogP contribution is -2.25. The van der Waals surface area contributed by atoms with Crippen LogP contribution < -0.4 is 14.8 Å². The van der Waals surface area contributed by atoms with Crippen LogP contribution in [0.1, 0.15) is 25.8 Å². The maximum Gasteiger partial charge on any atom is 0.215 e. The quantitative estimate of drug-likeness (QED) is 0.507. The highest BCUT2D eigenvalue weighted by Gasteiger charge is 2.12. The van der Waals surface area contributed by atoms with Gasteiger partial charge in [-0.2, -0.15) is 0 Å². The molecule has 30 heavy (non-hydrogen) atoms. The van der Waals surface area contributed by atoms with E-state index in [4.69, 9.17) is 4.74 Å². The number of hydrogen-bond acceptors (Lipinski definition) is 6. The van der Waals surface area contributed by atoms with E-state index in [0.717, 1.165) is 29.1 Å². The van der Waals surface area contributed by atoms with E-state index in [9.17, 15) is 8.42 Å². The summed E-state index contributed by atoms with van der Waals surface area (Å²) >= 11 is 0. The SMILES string of the molecule is CCCNS(=O)(=O)Cc1cccc(Nc2cc(-c3ccccc3OCC)ncn2)c1. The van der Waals surface area contributed by atoms with Gasteiger partial charge < -0.3 is 10.1 Å². The van der Waals surface area contributed by atoms with Crippen molar-refractivity contribution in [1.29, 1.82) is 0 Å². The van der Waals surface area contributed by atoms with Gasteiger partial charge in [0.25, 0.3) is 0 Å². The largest absolute Gasteiger partial charge is 0.493 e. The molecule has 2 N–H and O–H groups in total. The molecule has 8 heteroatoms. The van der Waals surface area contributed by atoms with Crippen molar-refractivity contribution in [2.24, 2.45) is 0 Å². The summed E-state index contributed by atoms with van der Waals surface area (Å²) in [5.41, 5.74) is 3.06. The third-order valence-corrected chi connectivity index (χ3v) is 5.62. The molecule has 2 aromatic carbocycles. The highest BCUT2D eigenvalue weighted by Crippen LogP contribution is 2.29. The van der Waals surface area contributed by atoms with Gasteiger partial charge >= 0.3 is 0 Å². The second-order valence-corrected chi connectivity index (χ2v) is 8.50. The van der Waals surface area contributed by atoms with Crippen molar-refractivity contribution in [3.8, 4) is 17.0 Å². The molecular formula is C22H26N4O3S. The monoisotopic (exact) mass is 426 g/mol. The second-order valence-electron chi connectivity index (χ2n) is 6.70. The van der Waals surface area contributed by atoms with E-state index in [1.807, 2.05) is 56.3 Å². The molecule has 0 spiro atoms. The number of ether oxygens (including phenoxy) is 1. The second kappa shape index (κ2) is 10.2. The molecule has 0 amide bonds. The first-order valence-corrected chi connectivity index (χ1v) is 11.5. The van der Waals surface area contributed by atoms with Crippen molar-refractivity contribution in [2.75, 3.05) is 18.5 Å². The van der Waals surface area contributed by atoms with Gasteiger partial charge in [0.2, 0.25) is 10.0 Å². The van der Waals surface area contributed by atoms with Crippen LogP contribution in [0.3, 0.4) is 0 Å². The number of para-hydroxylation sites is 1. The highest BCUT2D eigenvalue weighted by molar-refractivity contribution is 7.88. The summed E-state index contributed by atoms with van der Waals surface area (Å²) in [5.74, 6) is 1.30. The van der Waals surface area contributed by atoms with Crippen molar-refractivity contribution >= 4 is 21.5 Å². The van der Waals surface area contributed by atoms with Gasteiger partial charge in [-0.25, -0.2) is 23.1 Å². The van der Waals surface area contributed by atoms with Crippen LogP contribution in [0.25, 0.3) is 11.3 Å². The Bertz CT molecular complexity index is 1090. The third kappa shape index (κ3) is 6.01. The molecule has 0 saturated heterocycles. The van der Waals surface area contributed by atoms with Gasteiger partial charge in [0.15, 0.2) is 0 Å². The van der Waals surface area contributed by atoms with Crippen LogP contribution in [0, 0.1) is 0 Å². The molecule has 0 bridgehead atoms. The number of anilines is 2. The molecule has 0 aliphatic carbocycles. The molecule has 0 fully saturated rings. The van der Waals surface area contributed by atoms with E-state index in [2.05, 4.69) is 20.0 Å². The Hall–Kier alpha value is -2.97. The molecule has 3 rings (SSSR count). The highest BCUT2D eigenvalue weighted by atomic mass is 32.2. The molecular weight excluding hydrogens is 400 g/mol. The maximum absolute atomic E-state index is 12.2. The average molecular weight is 427 g/mol. The number of hydrogen-bond donors (Lipinski definition) is 2. The van der Waals surface area contributed by atoms with Crippen molar-refractivity contribution in [3.05, 3.63) is 66.5 Å². The van der Waals surface area contributed by atoms with Crippen LogP contribution in [0.15, 0.2) is 60.9 Å². The Balaban J connectivity index is 1.79. The van der Waals surface area contributed by atoms with Crippen LogP contribution >= 0.6 is 0 Å². The van der Waals surface area contributed by atoms with E-state index >= 15 is 0 Å². The minimum Gasteiger partial charge on any atom is -0.493 e. The van der Waals surface area contributed by atoms with E-state index < -0.39 is 10.0 Å². The molecule has 0 aliphatic rings. The predicted molar refractivity (Wildman–Crippen MR) is 119 cm³/mol. The molecule has 0 aliphatic heterocycles. The summed E-state index contributed by atoms with van der Waals surface area (Å²) in [6.45, 7) is 4.87. The number of nitrogens with one attached hydrogen (secondary N) is 2. The summed E-state index contributed by atoms with van der Waals surface area (Å²) in [7, 11) is -3.36. The van der Waals surface area contributed by atoms with Gasteiger partial charge in [-0.05, 0) is 43.2 Å². The number of benzene rings is 2. The summed E-state index contributed by atoms with van der Waals surface area (Å²) < 4.78 is 32.6. The Morgan fingerprint density at radius 3 is 2.63 bits per heavy atom. The fraction of sp³-hybridized carbons (Fsp3) is 0.273. The van der Waals surface area contributed by atoms with Crippen molar-refractivity contribution < 1.29 is 13.2 Å². The first-order chi connectivity index (χ1) is 14.5. The average Bonchev–Trinajstić information content (AvgIpc) is 2.73. The zero-order chi connectivity index (χ0) is 21.4. The Labute approximate surface area is 177 Å². The summed E-state index contributed by atoms with van der Waals surface area (Å²) in [6.07, 6.45) is 2.24. The Morgan fingerprint density at radius 2 is 1.83 bits per heavy atom. The normalized spacial score (nSPS) is 11.3. The molecule has 0 radical (unpaired) electrons. The molecule has 3 aromatic rings. The van der Waals surface area contributed by atoms with Crippen LogP contribution in [0.5, 0.6) is 5.75 Å². The topological polar surface area (TPSA) is 93.2 Å². The lowest BCUT2D eigenvalue weighted by Gasteiger charge is -2.11. The zero-order valence-electron chi connectivity index (χ0n) is 17.1. The smallest absolute Gasteiger partial charge is 0.215 e. The Kier molecular flexibility index (Phi) is 7.37. The van der Waals surface area contributed by atoms with Crippen molar-refractivity contribution in [3.63, 3.8) is 0 Å². The summed E-state index contributed by atoms with van der Waals surface area (Å²) in [4.78, 5) is 8.66. The third-order valence-electron chi connectivity index (χ3n) is 4.26. The van der Waals surface area contributed by atoms with Gasteiger partial charge in [0, 0.05) is 23.9 Å². The minimum atomic E-state index is -3.36. The van der Waals surface area contributed by atoms with Crippen LogP contribution in [0.4, 0.5) is 11.5 Å². The predicted octanol–water partition coefficient (Wildman–Crippen LogP) is 4.12. The summed E-state index contributed by atoms with van der Waals surface area (Å²) in [6, 6.07) is 16.8. The van der Waals surface area contributed by atoms with Gasteiger partial charge in [-0.3, -0.25) is 0 Å². The molecule has 1 aromatic heterocycles. The summed E-state index contributed by atoms with van der Waals surface area (Å²) in [5, 5.41) is 3.23. The first kappa shape index (κ1) is 21.7. The van der Waals surface area contributed by atoms with Gasteiger partial charge in [-0.15, -0.1) is 0 Å². The van der Waals surface area contributed by atoms with Gasteiger partial charge in [0.1, 0.15) is 17.9 Å². The molecule has 7 nitrogen and oxygen atoms in total. The number of aromatic nitrogens is 2. The van der Waals surface area contributed by atoms with Crippen LogP contribution in [-0.4, -0.2) is 31.5 Å². The zero-order valence-corrected chi connectivity index (χ0v) is 17.9. The molecule has 1 heterocycles. The van der Waals surface area contributed by atoms with Crippen LogP contribution in [0.2, 0.25) is 0 Å². The molecule has 0 saturated carbocycles. The molecule has 158 valence electrons. The van der Waals surface area contributed by atoms with E-state index in [0.29, 0.717) is 24.5 Å². The van der Waals surface area contributed by atoms with E-state index in [1.165, 1.54) is 6.33 Å². The van der Waals surface area contributed by atoms with Gasteiger partial charge in [0.05, 0.1) is 18.1 Å². The first-order valence-electron chi connectivity index (χ1n) is 9.88. The minimum absolute atomic E-state index is 0.0702. The number of sulfonamides is 1. The van der Waals surface area contributed by atoms with Gasteiger partial charge in [-0.1, -0.05) is 31.2 Å². The molecule has 0 atom stereocenters. The van der Waals surface area contributed by atoms with Crippen LogP contribution in [-0.2, 0) is 15.8 Å². The Morgan fingerprint density at radius 1 is 1.00 bits per heavy atom.